The van der Waals surface area contributed by atoms with Crippen molar-refractivity contribution in [3.8, 4) is 0 Å². The number of aryl methyl sites for hydroxylation is 2. The van der Waals surface area contributed by atoms with Crippen LogP contribution in [0.3, 0.4) is 0 Å². The summed E-state index contributed by atoms with van der Waals surface area (Å²) in [6, 6.07) is 3.69. The highest BCUT2D eigenvalue weighted by atomic mass is 16.5. The van der Waals surface area contributed by atoms with Crippen LogP contribution in [0.1, 0.15) is 50.8 Å². The number of esters is 1. The van der Waals surface area contributed by atoms with E-state index in [4.69, 9.17) is 4.74 Å². The summed E-state index contributed by atoms with van der Waals surface area (Å²) < 4.78 is 5.28. The third-order valence-corrected chi connectivity index (χ3v) is 4.07. The normalized spacial score (nSPS) is 12.4. The van der Waals surface area contributed by atoms with E-state index in [9.17, 15) is 9.59 Å². The average Bonchev–Trinajstić information content (AvgIpc) is 2.53. The molecule has 0 aliphatic carbocycles. The van der Waals surface area contributed by atoms with Gasteiger partial charge in [0.1, 0.15) is 6.61 Å². The van der Waals surface area contributed by atoms with E-state index in [2.05, 4.69) is 24.5 Å². The molecule has 0 saturated carbocycles. The Labute approximate surface area is 151 Å². The standard InChI is InChI=1S/C20H32N2O3/c1-12(2)8-17(21-7)19(23)22-18-14(5)9-16(10-15(18)6)11-25-20(24)13(3)4/h9-10,12-13,17,21H,8,11H2,1-7H3,(H,22,23). The van der Waals surface area contributed by atoms with Crippen molar-refractivity contribution in [2.24, 2.45) is 11.8 Å². The molecular weight excluding hydrogens is 316 g/mol. The molecule has 0 aliphatic rings. The third kappa shape index (κ3) is 6.50. The van der Waals surface area contributed by atoms with Crippen molar-refractivity contribution in [3.05, 3.63) is 28.8 Å². The highest BCUT2D eigenvalue weighted by Gasteiger charge is 2.19. The first-order valence-corrected chi connectivity index (χ1v) is 8.90. The topological polar surface area (TPSA) is 67.4 Å². The van der Waals surface area contributed by atoms with Crippen molar-refractivity contribution in [1.29, 1.82) is 0 Å². The number of anilines is 1. The van der Waals surface area contributed by atoms with E-state index in [0.29, 0.717) is 5.92 Å². The van der Waals surface area contributed by atoms with Crippen molar-refractivity contribution in [2.75, 3.05) is 12.4 Å². The molecule has 5 heteroatoms. The lowest BCUT2D eigenvalue weighted by atomic mass is 10.0. The van der Waals surface area contributed by atoms with Gasteiger partial charge in [-0.05, 0) is 49.9 Å². The molecule has 1 amide bonds. The number of ether oxygens (including phenoxy) is 1. The maximum atomic E-state index is 12.5. The van der Waals surface area contributed by atoms with Crippen LogP contribution in [0.15, 0.2) is 12.1 Å². The summed E-state index contributed by atoms with van der Waals surface area (Å²) in [6.45, 7) is 12.0. The summed E-state index contributed by atoms with van der Waals surface area (Å²) in [7, 11) is 1.80. The first-order valence-electron chi connectivity index (χ1n) is 8.90. The zero-order valence-electron chi connectivity index (χ0n) is 16.5. The molecule has 5 nitrogen and oxygen atoms in total. The number of amides is 1. The zero-order chi connectivity index (χ0) is 19.1. The van der Waals surface area contributed by atoms with Crippen LogP contribution in [0.2, 0.25) is 0 Å². The minimum atomic E-state index is -0.217. The summed E-state index contributed by atoms with van der Waals surface area (Å²) in [5, 5.41) is 6.11. The van der Waals surface area contributed by atoms with Crippen LogP contribution in [0.5, 0.6) is 0 Å². The lowest BCUT2D eigenvalue weighted by molar-refractivity contribution is -0.148. The molecule has 1 aromatic carbocycles. The van der Waals surface area contributed by atoms with Gasteiger partial charge in [0.15, 0.2) is 0 Å². The monoisotopic (exact) mass is 348 g/mol. The van der Waals surface area contributed by atoms with E-state index < -0.39 is 0 Å². The van der Waals surface area contributed by atoms with Crippen molar-refractivity contribution in [3.63, 3.8) is 0 Å². The summed E-state index contributed by atoms with van der Waals surface area (Å²) in [4.78, 5) is 24.1. The quantitative estimate of drug-likeness (QED) is 0.705. The minimum Gasteiger partial charge on any atom is -0.461 e. The van der Waals surface area contributed by atoms with Crippen LogP contribution in [-0.4, -0.2) is 25.0 Å². The Bertz CT molecular complexity index is 586. The SMILES string of the molecule is CNC(CC(C)C)C(=O)Nc1c(C)cc(COC(=O)C(C)C)cc1C. The number of nitrogens with one attached hydrogen (secondary N) is 2. The smallest absolute Gasteiger partial charge is 0.308 e. The van der Waals surface area contributed by atoms with Gasteiger partial charge in [-0.1, -0.05) is 39.8 Å². The first kappa shape index (κ1) is 21.2. The van der Waals surface area contributed by atoms with Crippen molar-refractivity contribution in [1.82, 2.24) is 5.32 Å². The third-order valence-electron chi connectivity index (χ3n) is 4.07. The Morgan fingerprint density at radius 2 is 1.64 bits per heavy atom. The molecule has 0 heterocycles. The molecule has 1 aromatic rings. The molecule has 0 bridgehead atoms. The van der Waals surface area contributed by atoms with E-state index in [1.807, 2.05) is 39.8 Å². The average molecular weight is 348 g/mol. The molecule has 0 radical (unpaired) electrons. The number of rotatable bonds is 8. The Morgan fingerprint density at radius 1 is 1.08 bits per heavy atom. The maximum absolute atomic E-state index is 12.5. The lowest BCUT2D eigenvalue weighted by Gasteiger charge is -2.20. The number of likely N-dealkylation sites (N-methyl/N-ethyl adjacent to an activating group) is 1. The number of hydrogen-bond donors (Lipinski definition) is 2. The van der Waals surface area contributed by atoms with Crippen LogP contribution in [0, 0.1) is 25.7 Å². The molecule has 2 N–H and O–H groups in total. The van der Waals surface area contributed by atoms with Crippen LogP contribution in [-0.2, 0) is 20.9 Å². The second kappa shape index (κ2) is 9.56. The molecular formula is C20H32N2O3. The molecule has 0 aromatic heterocycles. The molecule has 0 spiro atoms. The molecule has 25 heavy (non-hydrogen) atoms. The molecule has 1 unspecified atom stereocenters. The van der Waals surface area contributed by atoms with E-state index >= 15 is 0 Å². The van der Waals surface area contributed by atoms with Gasteiger partial charge in [0.25, 0.3) is 0 Å². The van der Waals surface area contributed by atoms with Crippen molar-refractivity contribution >= 4 is 17.6 Å². The van der Waals surface area contributed by atoms with Crippen LogP contribution >= 0.6 is 0 Å². The van der Waals surface area contributed by atoms with Gasteiger partial charge in [-0.2, -0.15) is 0 Å². The molecule has 0 fully saturated rings. The van der Waals surface area contributed by atoms with E-state index in [1.54, 1.807) is 7.05 Å². The predicted molar refractivity (Wildman–Crippen MR) is 101 cm³/mol. The Balaban J connectivity index is 2.85. The summed E-state index contributed by atoms with van der Waals surface area (Å²) in [5.74, 6) is 0.0585. The van der Waals surface area contributed by atoms with Gasteiger partial charge in [-0.25, -0.2) is 0 Å². The fourth-order valence-electron chi connectivity index (χ4n) is 2.69. The van der Waals surface area contributed by atoms with Gasteiger partial charge in [0, 0.05) is 5.69 Å². The zero-order valence-corrected chi connectivity index (χ0v) is 16.5. The fraction of sp³-hybridized carbons (Fsp3) is 0.600. The number of carbonyl (C=O) groups is 2. The van der Waals surface area contributed by atoms with Crippen molar-refractivity contribution < 1.29 is 14.3 Å². The minimum absolute atomic E-state index is 0.0265. The summed E-state index contributed by atoms with van der Waals surface area (Å²) >= 11 is 0. The van der Waals surface area contributed by atoms with Crippen LogP contribution in [0.25, 0.3) is 0 Å². The van der Waals surface area contributed by atoms with Gasteiger partial charge >= 0.3 is 5.97 Å². The van der Waals surface area contributed by atoms with Gasteiger partial charge in [-0.3, -0.25) is 9.59 Å². The first-order chi connectivity index (χ1) is 11.6. The van der Waals surface area contributed by atoms with Crippen LogP contribution in [0.4, 0.5) is 5.69 Å². The van der Waals surface area contributed by atoms with E-state index in [0.717, 1.165) is 28.8 Å². The van der Waals surface area contributed by atoms with E-state index in [1.165, 1.54) is 0 Å². The lowest BCUT2D eigenvalue weighted by Crippen LogP contribution is -2.39. The Hall–Kier alpha value is -1.88. The fourth-order valence-corrected chi connectivity index (χ4v) is 2.69. The second-order valence-electron chi connectivity index (χ2n) is 7.33. The number of carbonyl (C=O) groups excluding carboxylic acids is 2. The van der Waals surface area contributed by atoms with E-state index in [-0.39, 0.29) is 30.4 Å². The van der Waals surface area contributed by atoms with Gasteiger partial charge in [0.05, 0.1) is 12.0 Å². The molecule has 140 valence electrons. The van der Waals surface area contributed by atoms with Gasteiger partial charge < -0.3 is 15.4 Å². The number of hydrogen-bond acceptors (Lipinski definition) is 4. The molecule has 0 aliphatic heterocycles. The van der Waals surface area contributed by atoms with Crippen LogP contribution < -0.4 is 10.6 Å². The highest BCUT2D eigenvalue weighted by molar-refractivity contribution is 5.96. The Morgan fingerprint density at radius 3 is 2.08 bits per heavy atom. The van der Waals surface area contributed by atoms with Gasteiger partial charge in [-0.15, -0.1) is 0 Å². The highest BCUT2D eigenvalue weighted by Crippen LogP contribution is 2.23. The van der Waals surface area contributed by atoms with Gasteiger partial charge in [0.2, 0.25) is 5.91 Å². The summed E-state index contributed by atoms with van der Waals surface area (Å²) in [5.41, 5.74) is 3.67. The number of benzene rings is 1. The summed E-state index contributed by atoms with van der Waals surface area (Å²) in [6.07, 6.45) is 0.781. The molecule has 0 saturated heterocycles. The largest absolute Gasteiger partial charge is 0.461 e. The molecule has 1 atom stereocenters. The van der Waals surface area contributed by atoms with Crippen molar-refractivity contribution in [2.45, 2.75) is 60.6 Å². The molecule has 1 rings (SSSR count). The predicted octanol–water partition coefficient (Wildman–Crippen LogP) is 3.58. The maximum Gasteiger partial charge on any atom is 0.308 e. The Kier molecular flexibility index (Phi) is 8.10. The second-order valence-corrected chi connectivity index (χ2v) is 7.33.